The molecule has 0 spiro atoms. The van der Waals surface area contributed by atoms with E-state index in [0.29, 0.717) is 22.4 Å². The van der Waals surface area contributed by atoms with E-state index in [0.717, 1.165) is 72.8 Å². The molecule has 182 valence electrons. The minimum atomic E-state index is -0.0271. The molecule has 9 heteroatoms. The summed E-state index contributed by atoms with van der Waals surface area (Å²) in [7, 11) is 0. The fourth-order valence-electron chi connectivity index (χ4n) is 4.56. The first-order chi connectivity index (χ1) is 16.8. The Hall–Kier alpha value is -2.65. The number of pyridine rings is 1. The van der Waals surface area contributed by atoms with E-state index in [1.54, 1.807) is 0 Å². The Kier molecular flexibility index (Phi) is 6.72. The number of benzene rings is 1. The van der Waals surface area contributed by atoms with Crippen molar-refractivity contribution in [3.05, 3.63) is 58.5 Å². The largest absolute Gasteiger partial charge is 0.349 e. The predicted molar refractivity (Wildman–Crippen MR) is 147 cm³/mol. The van der Waals surface area contributed by atoms with Crippen LogP contribution in [-0.4, -0.2) is 50.0 Å². The van der Waals surface area contributed by atoms with Crippen LogP contribution in [0.4, 0.5) is 17.3 Å². The summed E-state index contributed by atoms with van der Waals surface area (Å²) in [6.45, 7) is 7.23. The van der Waals surface area contributed by atoms with Crippen molar-refractivity contribution in [3.63, 3.8) is 0 Å². The zero-order valence-electron chi connectivity index (χ0n) is 20.1. The highest BCUT2D eigenvalue weighted by atomic mass is 35.5. The molecule has 0 aliphatic carbocycles. The minimum absolute atomic E-state index is 0.0271. The number of piperidine rings is 1. The lowest BCUT2D eigenvalue weighted by atomic mass is 9.91. The molecule has 4 heterocycles. The van der Waals surface area contributed by atoms with Crippen molar-refractivity contribution in [1.29, 1.82) is 0 Å². The van der Waals surface area contributed by atoms with Crippen molar-refractivity contribution >= 4 is 46.1 Å². The summed E-state index contributed by atoms with van der Waals surface area (Å²) in [6.07, 6.45) is 7.39. The van der Waals surface area contributed by atoms with Gasteiger partial charge in [-0.15, -0.1) is 0 Å². The monoisotopic (exact) mass is 507 g/mol. The van der Waals surface area contributed by atoms with Crippen molar-refractivity contribution in [3.8, 4) is 11.3 Å². The number of aryl methyl sites for hydroxylation is 1. The molecule has 0 atom stereocenters. The van der Waals surface area contributed by atoms with Crippen LogP contribution in [-0.2, 0) is 12.8 Å². The van der Waals surface area contributed by atoms with E-state index in [9.17, 15) is 0 Å². The van der Waals surface area contributed by atoms with Gasteiger partial charge in [0, 0.05) is 52.7 Å². The number of anilines is 3. The molecule has 0 amide bonds. The Morgan fingerprint density at radius 1 is 1.20 bits per heavy atom. The van der Waals surface area contributed by atoms with Crippen molar-refractivity contribution in [2.24, 2.45) is 5.73 Å². The second-order valence-electron chi connectivity index (χ2n) is 9.83. The van der Waals surface area contributed by atoms with E-state index >= 15 is 0 Å². The number of thiocarbonyl (C=S) groups is 1. The van der Waals surface area contributed by atoms with E-state index < -0.39 is 0 Å². The van der Waals surface area contributed by atoms with E-state index in [-0.39, 0.29) is 5.54 Å². The zero-order valence-corrected chi connectivity index (χ0v) is 21.6. The molecular weight excluding hydrogens is 478 g/mol. The fourth-order valence-corrected chi connectivity index (χ4v) is 5.00. The molecule has 0 unspecified atom stereocenters. The first-order valence-electron chi connectivity index (χ1n) is 12.0. The third kappa shape index (κ3) is 5.62. The van der Waals surface area contributed by atoms with Gasteiger partial charge in [-0.3, -0.25) is 4.98 Å². The molecule has 4 N–H and O–H groups in total. The molecule has 0 bridgehead atoms. The highest BCUT2D eigenvalue weighted by Crippen LogP contribution is 2.35. The lowest BCUT2D eigenvalue weighted by Gasteiger charge is -2.36. The first-order valence-corrected chi connectivity index (χ1v) is 12.7. The number of nitrogens with zero attached hydrogens (tertiary/aromatic N) is 4. The summed E-state index contributed by atoms with van der Waals surface area (Å²) in [5.74, 6) is 0.526. The maximum atomic E-state index is 6.28. The molecule has 5 rings (SSSR count). The number of halogens is 1. The maximum Gasteiger partial charge on any atom is 0.227 e. The number of nitrogens with two attached hydrogens (primary N) is 1. The number of nitrogens with one attached hydrogen (secondary N) is 2. The maximum absolute atomic E-state index is 6.28. The van der Waals surface area contributed by atoms with E-state index in [2.05, 4.69) is 38.5 Å². The molecule has 0 radical (unpaired) electrons. The van der Waals surface area contributed by atoms with Gasteiger partial charge in [0.25, 0.3) is 0 Å². The van der Waals surface area contributed by atoms with Crippen LogP contribution >= 0.6 is 23.8 Å². The number of fused-ring (bicyclic) bond motifs is 3. The molecule has 3 aromatic rings. The minimum Gasteiger partial charge on any atom is -0.349 e. The smallest absolute Gasteiger partial charge is 0.227 e. The summed E-state index contributed by atoms with van der Waals surface area (Å²) in [5, 5.41) is 7.32. The Morgan fingerprint density at radius 3 is 2.80 bits per heavy atom. The molecule has 0 saturated carbocycles. The average Bonchev–Trinajstić information content (AvgIpc) is 2.95. The Balaban J connectivity index is 1.35. The summed E-state index contributed by atoms with van der Waals surface area (Å²) >= 11 is 11.7. The molecule has 1 saturated heterocycles. The molecule has 2 aromatic heterocycles. The van der Waals surface area contributed by atoms with Crippen LogP contribution in [0.1, 0.15) is 36.6 Å². The number of hydrogen-bond acceptors (Lipinski definition) is 7. The van der Waals surface area contributed by atoms with Crippen molar-refractivity contribution < 1.29 is 0 Å². The number of rotatable bonds is 5. The van der Waals surface area contributed by atoms with Crippen LogP contribution in [0.25, 0.3) is 11.3 Å². The third-order valence-electron chi connectivity index (χ3n) is 6.83. The topological polar surface area (TPSA) is 92.0 Å². The molecular formula is C26H30ClN7S. The second-order valence-corrected chi connectivity index (χ2v) is 10.8. The van der Waals surface area contributed by atoms with Crippen LogP contribution in [0.5, 0.6) is 0 Å². The Bertz CT molecular complexity index is 1270. The zero-order chi connectivity index (χ0) is 24.6. The first kappa shape index (κ1) is 24.1. The van der Waals surface area contributed by atoms with Gasteiger partial charge >= 0.3 is 0 Å². The number of hydrogen-bond donors (Lipinski definition) is 3. The van der Waals surface area contributed by atoms with Gasteiger partial charge in [0.1, 0.15) is 0 Å². The van der Waals surface area contributed by atoms with Gasteiger partial charge in [-0.05, 0) is 76.0 Å². The summed E-state index contributed by atoms with van der Waals surface area (Å²) in [5.41, 5.74) is 12.9. The summed E-state index contributed by atoms with van der Waals surface area (Å²) < 4.78 is 0. The average molecular weight is 508 g/mol. The van der Waals surface area contributed by atoms with Crippen molar-refractivity contribution in [2.45, 2.75) is 45.1 Å². The number of likely N-dealkylation sites (tertiary alicyclic amines) is 1. The van der Waals surface area contributed by atoms with Gasteiger partial charge in [0.15, 0.2) is 0 Å². The summed E-state index contributed by atoms with van der Waals surface area (Å²) in [4.78, 5) is 17.3. The van der Waals surface area contributed by atoms with E-state index in [1.807, 2.05) is 37.5 Å². The lowest BCUT2D eigenvalue weighted by Crippen LogP contribution is -2.48. The van der Waals surface area contributed by atoms with E-state index in [4.69, 9.17) is 34.5 Å². The normalized spacial score (nSPS) is 17.2. The van der Waals surface area contributed by atoms with Gasteiger partial charge in [0.05, 0.1) is 22.1 Å². The fraction of sp³-hybridized carbons (Fsp3) is 0.385. The quantitative estimate of drug-likeness (QED) is 0.420. The van der Waals surface area contributed by atoms with Gasteiger partial charge in [0.2, 0.25) is 5.95 Å². The Morgan fingerprint density at radius 2 is 2.00 bits per heavy atom. The van der Waals surface area contributed by atoms with Crippen LogP contribution in [0, 0.1) is 6.92 Å². The van der Waals surface area contributed by atoms with Gasteiger partial charge in [-0.25, -0.2) is 9.97 Å². The van der Waals surface area contributed by atoms with Gasteiger partial charge in [-0.2, -0.15) is 0 Å². The third-order valence-corrected chi connectivity index (χ3v) is 7.31. The van der Waals surface area contributed by atoms with E-state index in [1.165, 1.54) is 5.56 Å². The molecule has 2 aliphatic rings. The molecule has 35 heavy (non-hydrogen) atoms. The van der Waals surface area contributed by atoms with Crippen LogP contribution in [0.2, 0.25) is 5.02 Å². The molecule has 7 nitrogen and oxygen atoms in total. The standard InChI is InChI=1S/C26H30ClN7S/c1-16-21(11-17(14-29-16)5-8-34-9-6-26(2,28)7-10-34)32-25-30-15-18-12-23(35)31-22-13-19(27)3-4-20(22)24(18)33-25/h3-4,11,13-15H,5-10,12,28H2,1-2H3,(H,31,35)(H,30,32,33). The predicted octanol–water partition coefficient (Wildman–Crippen LogP) is 4.90. The molecule has 2 aliphatic heterocycles. The highest BCUT2D eigenvalue weighted by Gasteiger charge is 2.25. The van der Waals surface area contributed by atoms with Crippen LogP contribution < -0.4 is 16.4 Å². The highest BCUT2D eigenvalue weighted by molar-refractivity contribution is 7.80. The lowest BCUT2D eigenvalue weighted by molar-refractivity contribution is 0.173. The van der Waals surface area contributed by atoms with Crippen molar-refractivity contribution in [1.82, 2.24) is 19.9 Å². The molecule has 1 aromatic carbocycles. The summed E-state index contributed by atoms with van der Waals surface area (Å²) in [6, 6.07) is 7.86. The Labute approximate surface area is 216 Å². The van der Waals surface area contributed by atoms with Gasteiger partial charge < -0.3 is 21.3 Å². The number of aromatic nitrogens is 3. The molecule has 1 fully saturated rings. The van der Waals surface area contributed by atoms with Gasteiger partial charge in [-0.1, -0.05) is 23.8 Å². The van der Waals surface area contributed by atoms with Crippen LogP contribution in [0.3, 0.4) is 0 Å². The van der Waals surface area contributed by atoms with Crippen LogP contribution in [0.15, 0.2) is 36.7 Å². The second kappa shape index (κ2) is 9.78. The van der Waals surface area contributed by atoms with Crippen molar-refractivity contribution in [2.75, 3.05) is 30.3 Å². The SMILES string of the molecule is Cc1ncc(CCN2CCC(C)(N)CC2)cc1Nc1ncc2c(n1)-c1ccc(Cl)cc1NC(=S)C2.